The Morgan fingerprint density at radius 1 is 1.09 bits per heavy atom. The third-order valence-electron chi connectivity index (χ3n) is 6.29. The standard InChI is InChI=1S/C23H25FN2O3S.C2H6O/c24-19-13-16(14-27)1-6-20(19)29-17-2-4-18(5-3-17)30-23(21(25)28)8-7-22(15-23)9-11-26-12-10-22;1-3-2/h1-6,13-14,26H,7-12,15H2,(H2,25,28);1-2H3. The second-order valence-corrected chi connectivity index (χ2v) is 10.1. The molecule has 1 saturated carbocycles. The topological polar surface area (TPSA) is 90.7 Å². The maximum Gasteiger partial charge on any atom is 0.234 e. The molecule has 6 nitrogen and oxygen atoms in total. The van der Waals surface area contributed by atoms with Crippen molar-refractivity contribution in [2.75, 3.05) is 27.3 Å². The number of aldehydes is 1. The van der Waals surface area contributed by atoms with Crippen LogP contribution in [0.25, 0.3) is 0 Å². The fourth-order valence-corrected chi connectivity index (χ4v) is 5.99. The summed E-state index contributed by atoms with van der Waals surface area (Å²) in [4.78, 5) is 24.1. The van der Waals surface area contributed by atoms with Crippen LogP contribution in [0, 0.1) is 11.2 Å². The van der Waals surface area contributed by atoms with Gasteiger partial charge in [-0.05, 0) is 93.1 Å². The number of piperidine rings is 1. The fraction of sp³-hybridized carbons (Fsp3) is 0.440. The van der Waals surface area contributed by atoms with Gasteiger partial charge < -0.3 is 20.5 Å². The van der Waals surface area contributed by atoms with Gasteiger partial charge in [0.15, 0.2) is 11.6 Å². The number of hydrogen-bond donors (Lipinski definition) is 2. The Kier molecular flexibility index (Phi) is 8.51. The van der Waals surface area contributed by atoms with Gasteiger partial charge in [0.1, 0.15) is 12.0 Å². The van der Waals surface area contributed by atoms with Crippen molar-refractivity contribution in [2.45, 2.75) is 41.7 Å². The molecule has 1 spiro atoms. The number of carbonyl (C=O) groups is 2. The molecule has 2 aliphatic rings. The van der Waals surface area contributed by atoms with Crippen molar-refractivity contribution in [2.24, 2.45) is 11.1 Å². The molecule has 1 atom stereocenters. The van der Waals surface area contributed by atoms with E-state index in [-0.39, 0.29) is 22.6 Å². The molecule has 0 bridgehead atoms. The van der Waals surface area contributed by atoms with E-state index in [0.29, 0.717) is 12.0 Å². The van der Waals surface area contributed by atoms with Crippen molar-refractivity contribution in [1.82, 2.24) is 5.32 Å². The highest BCUT2D eigenvalue weighted by Gasteiger charge is 2.52. The van der Waals surface area contributed by atoms with Crippen LogP contribution >= 0.6 is 11.8 Å². The molecule has 4 rings (SSSR count). The minimum Gasteiger partial charge on any atom is -0.454 e. The average molecular weight is 475 g/mol. The summed E-state index contributed by atoms with van der Waals surface area (Å²) in [5.74, 6) is -0.311. The van der Waals surface area contributed by atoms with Crippen LogP contribution in [0.3, 0.4) is 0 Å². The second-order valence-electron chi connectivity index (χ2n) is 8.68. The van der Waals surface area contributed by atoms with Gasteiger partial charge in [0.25, 0.3) is 0 Å². The van der Waals surface area contributed by atoms with E-state index in [2.05, 4.69) is 10.1 Å². The lowest BCUT2D eigenvalue weighted by Crippen LogP contribution is -2.42. The number of hydrogen-bond acceptors (Lipinski definition) is 6. The molecule has 2 aromatic carbocycles. The molecule has 1 saturated heterocycles. The molecular formula is C25H31FN2O4S. The third kappa shape index (κ3) is 6.13. The predicted octanol–water partition coefficient (Wildman–Crippen LogP) is 4.56. The number of methoxy groups -OCH3 is 1. The normalized spacial score (nSPS) is 21.2. The van der Waals surface area contributed by atoms with Gasteiger partial charge in [0.05, 0.1) is 4.75 Å². The van der Waals surface area contributed by atoms with E-state index >= 15 is 0 Å². The van der Waals surface area contributed by atoms with Gasteiger partial charge in [-0.1, -0.05) is 0 Å². The van der Waals surface area contributed by atoms with Crippen LogP contribution in [0.1, 0.15) is 42.5 Å². The summed E-state index contributed by atoms with van der Waals surface area (Å²) in [5.41, 5.74) is 6.34. The zero-order chi connectivity index (χ0) is 23.9. The zero-order valence-corrected chi connectivity index (χ0v) is 19.9. The largest absolute Gasteiger partial charge is 0.454 e. The fourth-order valence-electron chi connectivity index (χ4n) is 4.58. The van der Waals surface area contributed by atoms with Crippen LogP contribution in [0.2, 0.25) is 0 Å². The van der Waals surface area contributed by atoms with Gasteiger partial charge >= 0.3 is 0 Å². The number of halogens is 1. The first kappa shape index (κ1) is 25.2. The Hall–Kier alpha value is -2.42. The molecular weight excluding hydrogens is 443 g/mol. The Morgan fingerprint density at radius 2 is 1.76 bits per heavy atom. The second kappa shape index (κ2) is 11.1. The maximum atomic E-state index is 14.0. The minimum atomic E-state index is -0.594. The van der Waals surface area contributed by atoms with E-state index in [1.807, 2.05) is 12.1 Å². The van der Waals surface area contributed by atoms with E-state index in [0.717, 1.165) is 56.2 Å². The number of thioether (sulfide) groups is 1. The number of ether oxygens (including phenoxy) is 2. The summed E-state index contributed by atoms with van der Waals surface area (Å²) < 4.78 is 23.3. The molecule has 1 aliphatic heterocycles. The van der Waals surface area contributed by atoms with Crippen molar-refractivity contribution < 1.29 is 23.5 Å². The summed E-state index contributed by atoms with van der Waals surface area (Å²) in [6.07, 6.45) is 5.40. The first-order valence-electron chi connectivity index (χ1n) is 11.0. The lowest BCUT2D eigenvalue weighted by Gasteiger charge is -2.35. The minimum absolute atomic E-state index is 0.0539. The van der Waals surface area contributed by atoms with Crippen LogP contribution in [0.15, 0.2) is 47.4 Å². The summed E-state index contributed by atoms with van der Waals surface area (Å²) in [6, 6.07) is 11.3. The molecule has 1 amide bonds. The number of primary amides is 1. The Bertz CT molecular complexity index is 963. The number of rotatable bonds is 6. The highest BCUT2D eigenvalue weighted by atomic mass is 32.2. The number of amides is 1. The first-order chi connectivity index (χ1) is 15.8. The van der Waals surface area contributed by atoms with E-state index in [1.165, 1.54) is 23.9 Å². The zero-order valence-electron chi connectivity index (χ0n) is 19.1. The van der Waals surface area contributed by atoms with Crippen LogP contribution in [0.4, 0.5) is 4.39 Å². The Labute approximate surface area is 198 Å². The molecule has 3 N–H and O–H groups in total. The lowest BCUT2D eigenvalue weighted by molar-refractivity contribution is -0.120. The van der Waals surface area contributed by atoms with E-state index in [9.17, 15) is 14.0 Å². The number of carbonyl (C=O) groups excluding carboxylic acids is 2. The van der Waals surface area contributed by atoms with Gasteiger partial charge in [-0.25, -0.2) is 4.39 Å². The third-order valence-corrected chi connectivity index (χ3v) is 7.74. The van der Waals surface area contributed by atoms with Gasteiger partial charge in [0.2, 0.25) is 5.91 Å². The van der Waals surface area contributed by atoms with E-state index in [1.54, 1.807) is 26.4 Å². The van der Waals surface area contributed by atoms with Crippen molar-refractivity contribution >= 4 is 24.0 Å². The summed E-state index contributed by atoms with van der Waals surface area (Å²) >= 11 is 1.53. The highest BCUT2D eigenvalue weighted by Crippen LogP contribution is 2.56. The highest BCUT2D eigenvalue weighted by molar-refractivity contribution is 8.01. The number of nitrogens with two attached hydrogens (primary N) is 1. The Morgan fingerprint density at radius 3 is 2.33 bits per heavy atom. The summed E-state index contributed by atoms with van der Waals surface area (Å²) in [7, 11) is 3.25. The van der Waals surface area contributed by atoms with Gasteiger partial charge in [-0.15, -0.1) is 11.8 Å². The SMILES string of the molecule is COC.NC(=O)C1(Sc2ccc(Oc3ccc(C=O)cc3F)cc2)CCC2(CCNCC2)C1. The molecule has 178 valence electrons. The van der Waals surface area contributed by atoms with Gasteiger partial charge in [-0.2, -0.15) is 0 Å². The van der Waals surface area contributed by atoms with Gasteiger partial charge in [-0.3, -0.25) is 9.59 Å². The van der Waals surface area contributed by atoms with Crippen LogP contribution in [-0.4, -0.2) is 44.2 Å². The number of nitrogens with one attached hydrogen (secondary N) is 1. The van der Waals surface area contributed by atoms with E-state index in [4.69, 9.17) is 10.5 Å². The molecule has 33 heavy (non-hydrogen) atoms. The van der Waals surface area contributed by atoms with Crippen molar-refractivity contribution in [3.63, 3.8) is 0 Å². The van der Waals surface area contributed by atoms with Crippen LogP contribution in [-0.2, 0) is 9.53 Å². The molecule has 2 fully saturated rings. The predicted molar refractivity (Wildman–Crippen MR) is 127 cm³/mol. The smallest absolute Gasteiger partial charge is 0.234 e. The lowest BCUT2D eigenvalue weighted by atomic mass is 9.77. The quantitative estimate of drug-likeness (QED) is 0.597. The van der Waals surface area contributed by atoms with Crippen LogP contribution < -0.4 is 15.8 Å². The Balaban J connectivity index is 0.000000968. The molecule has 1 unspecified atom stereocenters. The molecule has 2 aromatic rings. The van der Waals surface area contributed by atoms with Crippen molar-refractivity contribution in [3.05, 3.63) is 53.8 Å². The molecule has 1 heterocycles. The van der Waals surface area contributed by atoms with Gasteiger partial charge in [0, 0.05) is 24.7 Å². The summed E-state index contributed by atoms with van der Waals surface area (Å²) in [5, 5.41) is 3.40. The molecule has 8 heteroatoms. The van der Waals surface area contributed by atoms with Crippen LogP contribution in [0.5, 0.6) is 11.5 Å². The average Bonchev–Trinajstić information content (AvgIpc) is 3.16. The maximum absolute atomic E-state index is 14.0. The number of benzene rings is 2. The van der Waals surface area contributed by atoms with Crippen molar-refractivity contribution in [3.8, 4) is 11.5 Å². The molecule has 1 aliphatic carbocycles. The van der Waals surface area contributed by atoms with E-state index < -0.39 is 10.6 Å². The summed E-state index contributed by atoms with van der Waals surface area (Å²) in [6.45, 7) is 1.99. The molecule has 0 radical (unpaired) electrons. The van der Waals surface area contributed by atoms with Crippen molar-refractivity contribution in [1.29, 1.82) is 0 Å². The monoisotopic (exact) mass is 474 g/mol. The first-order valence-corrected chi connectivity index (χ1v) is 11.8. The molecule has 0 aromatic heterocycles.